The van der Waals surface area contributed by atoms with E-state index in [1.54, 1.807) is 18.5 Å². The number of hydrogen-bond acceptors (Lipinski definition) is 6. The number of nitrogens with one attached hydrogen (secondary N) is 2. The molecule has 2 heterocycles. The molecule has 1 fully saturated rings. The van der Waals surface area contributed by atoms with E-state index < -0.39 is 15.9 Å². The highest BCUT2D eigenvalue weighted by Crippen LogP contribution is 2.37. The third kappa shape index (κ3) is 7.11. The molecule has 4 N–H and O–H groups in total. The van der Waals surface area contributed by atoms with E-state index in [2.05, 4.69) is 35.4 Å². The molecule has 9 nitrogen and oxygen atoms in total. The van der Waals surface area contributed by atoms with Gasteiger partial charge in [0.15, 0.2) is 0 Å². The molecule has 1 atom stereocenters. The number of primary amides is 1. The Kier molecular flexibility index (Phi) is 10.4. The maximum absolute atomic E-state index is 12.8. The largest absolute Gasteiger partial charge is 0.385 e. The van der Waals surface area contributed by atoms with Gasteiger partial charge < -0.3 is 25.5 Å². The zero-order valence-corrected chi connectivity index (χ0v) is 24.6. The highest BCUT2D eigenvalue weighted by molar-refractivity contribution is 7.89. The van der Waals surface area contributed by atoms with Crippen LogP contribution in [-0.2, 0) is 26.0 Å². The van der Waals surface area contributed by atoms with E-state index >= 15 is 0 Å². The number of aromatic amines is 1. The monoisotopic (exact) mass is 570 g/mol. The van der Waals surface area contributed by atoms with Gasteiger partial charge in [0, 0.05) is 58.1 Å². The number of ether oxygens (including phenoxy) is 2. The Bertz CT molecular complexity index is 1400. The van der Waals surface area contributed by atoms with Crippen LogP contribution in [-0.4, -0.2) is 75.9 Å². The van der Waals surface area contributed by atoms with E-state index in [0.29, 0.717) is 57.7 Å². The standard InChI is InChI=1S/C30H42N4O5S/c1-4-25(20-39-3)32-18-21-7-5-8-23(15-21)24-16-26-28(19-33-29(26)27(17-24)30(31)35)22-9-11-34(12-10-22)40(36,37)14-6-13-38-2/h5,7-8,15-17,19,22,25,32-33H,4,6,9-14,18,20H2,1-3H3,(H2,31,35). The Morgan fingerprint density at radius 1 is 1.15 bits per heavy atom. The Hall–Kier alpha value is -2.76. The fourth-order valence-corrected chi connectivity index (χ4v) is 7.06. The molecule has 40 heavy (non-hydrogen) atoms. The van der Waals surface area contributed by atoms with E-state index in [1.165, 1.54) is 0 Å². The minimum atomic E-state index is -3.30. The summed E-state index contributed by atoms with van der Waals surface area (Å²) in [5, 5.41) is 4.50. The van der Waals surface area contributed by atoms with Crippen molar-refractivity contribution in [2.24, 2.45) is 5.73 Å². The van der Waals surface area contributed by atoms with Crippen LogP contribution in [0, 0.1) is 0 Å². The van der Waals surface area contributed by atoms with Gasteiger partial charge in [0.2, 0.25) is 10.0 Å². The van der Waals surface area contributed by atoms with Crippen LogP contribution in [0.3, 0.4) is 0 Å². The summed E-state index contributed by atoms with van der Waals surface area (Å²) in [5.41, 5.74) is 11.2. The summed E-state index contributed by atoms with van der Waals surface area (Å²) < 4.78 is 37.4. The van der Waals surface area contributed by atoms with E-state index in [4.69, 9.17) is 15.2 Å². The summed E-state index contributed by atoms with van der Waals surface area (Å²) in [6.07, 6.45) is 4.85. The van der Waals surface area contributed by atoms with Gasteiger partial charge in [-0.1, -0.05) is 25.1 Å². The molecule has 10 heteroatoms. The number of fused-ring (bicyclic) bond motifs is 1. The molecule has 3 aromatic rings. The van der Waals surface area contributed by atoms with Crippen molar-refractivity contribution in [1.29, 1.82) is 0 Å². The lowest BCUT2D eigenvalue weighted by Crippen LogP contribution is -2.39. The maximum atomic E-state index is 12.8. The van der Waals surface area contributed by atoms with Crippen LogP contribution in [0.1, 0.15) is 60.0 Å². The number of piperidine rings is 1. The third-order valence-corrected chi connectivity index (χ3v) is 9.80. The predicted molar refractivity (Wildman–Crippen MR) is 159 cm³/mol. The normalized spacial score (nSPS) is 16.0. The van der Waals surface area contributed by atoms with Gasteiger partial charge in [0.1, 0.15) is 0 Å². The van der Waals surface area contributed by atoms with Crippen molar-refractivity contribution in [3.8, 4) is 11.1 Å². The number of sulfonamides is 1. The van der Waals surface area contributed by atoms with Crippen molar-refractivity contribution >= 4 is 26.8 Å². The van der Waals surface area contributed by atoms with Gasteiger partial charge in [-0.2, -0.15) is 0 Å². The predicted octanol–water partition coefficient (Wildman–Crippen LogP) is 3.99. The van der Waals surface area contributed by atoms with Crippen LogP contribution in [0.5, 0.6) is 0 Å². The van der Waals surface area contributed by atoms with Crippen molar-refractivity contribution in [2.45, 2.75) is 51.1 Å². The number of methoxy groups -OCH3 is 2. The number of benzene rings is 2. The van der Waals surface area contributed by atoms with Gasteiger partial charge >= 0.3 is 0 Å². The number of H-pyrrole nitrogens is 1. The molecule has 0 bridgehead atoms. The van der Waals surface area contributed by atoms with Crippen LogP contribution in [0.15, 0.2) is 42.6 Å². The number of nitrogens with zero attached hydrogens (tertiary/aromatic N) is 1. The molecule has 1 unspecified atom stereocenters. The Morgan fingerprint density at radius 3 is 2.60 bits per heavy atom. The van der Waals surface area contributed by atoms with Gasteiger partial charge in [0.25, 0.3) is 5.91 Å². The molecule has 1 saturated heterocycles. The van der Waals surface area contributed by atoms with E-state index in [-0.39, 0.29) is 17.7 Å². The number of rotatable bonds is 14. The summed E-state index contributed by atoms with van der Waals surface area (Å²) in [5.74, 6) is -0.206. The molecule has 0 radical (unpaired) electrons. The summed E-state index contributed by atoms with van der Waals surface area (Å²) in [6, 6.07) is 12.5. The van der Waals surface area contributed by atoms with Crippen LogP contribution < -0.4 is 11.1 Å². The molecule has 0 spiro atoms. The van der Waals surface area contributed by atoms with Crippen molar-refractivity contribution in [1.82, 2.24) is 14.6 Å². The third-order valence-electron chi connectivity index (χ3n) is 7.84. The molecular weight excluding hydrogens is 528 g/mol. The Morgan fingerprint density at radius 2 is 1.93 bits per heavy atom. The first-order valence-electron chi connectivity index (χ1n) is 14.0. The molecule has 218 valence electrons. The van der Waals surface area contributed by atoms with Crippen molar-refractivity contribution in [2.75, 3.05) is 46.3 Å². The summed E-state index contributed by atoms with van der Waals surface area (Å²) in [6.45, 7) is 4.89. The highest BCUT2D eigenvalue weighted by Gasteiger charge is 2.30. The van der Waals surface area contributed by atoms with Crippen LogP contribution in [0.25, 0.3) is 22.0 Å². The van der Waals surface area contributed by atoms with E-state index in [0.717, 1.165) is 39.6 Å². The second-order valence-corrected chi connectivity index (χ2v) is 12.6. The minimum absolute atomic E-state index is 0.101. The lowest BCUT2D eigenvalue weighted by Gasteiger charge is -2.31. The van der Waals surface area contributed by atoms with Crippen LogP contribution in [0.2, 0.25) is 0 Å². The molecule has 1 aliphatic rings. The first-order valence-corrected chi connectivity index (χ1v) is 15.6. The van der Waals surface area contributed by atoms with E-state index in [1.807, 2.05) is 24.4 Å². The number of aromatic nitrogens is 1. The first kappa shape index (κ1) is 30.2. The second kappa shape index (κ2) is 13.7. The number of carbonyl (C=O) groups is 1. The minimum Gasteiger partial charge on any atom is -0.385 e. The van der Waals surface area contributed by atoms with E-state index in [9.17, 15) is 13.2 Å². The molecule has 4 rings (SSSR count). The summed E-state index contributed by atoms with van der Waals surface area (Å²) in [4.78, 5) is 15.8. The maximum Gasteiger partial charge on any atom is 0.250 e. The fourth-order valence-electron chi connectivity index (χ4n) is 5.56. The quantitative estimate of drug-likeness (QED) is 0.252. The zero-order valence-electron chi connectivity index (χ0n) is 23.7. The zero-order chi connectivity index (χ0) is 28.7. The average molecular weight is 571 g/mol. The topological polar surface area (TPSA) is 127 Å². The number of carbonyl (C=O) groups excluding carboxylic acids is 1. The van der Waals surface area contributed by atoms with Gasteiger partial charge in [0.05, 0.1) is 23.4 Å². The highest BCUT2D eigenvalue weighted by atomic mass is 32.2. The lowest BCUT2D eigenvalue weighted by molar-refractivity contribution is 0.100. The molecule has 0 saturated carbocycles. The van der Waals surface area contributed by atoms with Crippen molar-refractivity contribution in [3.05, 3.63) is 59.3 Å². The van der Waals surface area contributed by atoms with Crippen LogP contribution >= 0.6 is 0 Å². The van der Waals surface area contributed by atoms with Crippen LogP contribution in [0.4, 0.5) is 0 Å². The first-order chi connectivity index (χ1) is 19.3. The molecular formula is C30H42N4O5S. The summed E-state index contributed by atoms with van der Waals surface area (Å²) in [7, 11) is -0.00993. The summed E-state index contributed by atoms with van der Waals surface area (Å²) >= 11 is 0. The molecule has 0 aliphatic carbocycles. The Balaban J connectivity index is 1.58. The number of nitrogens with two attached hydrogens (primary N) is 1. The molecule has 1 aromatic heterocycles. The van der Waals surface area contributed by atoms with Gasteiger partial charge in [-0.15, -0.1) is 0 Å². The number of amides is 1. The molecule has 1 amide bonds. The second-order valence-electron chi connectivity index (χ2n) is 10.5. The van der Waals surface area contributed by atoms with Crippen molar-refractivity contribution < 1.29 is 22.7 Å². The lowest BCUT2D eigenvalue weighted by atomic mass is 9.88. The molecule has 2 aromatic carbocycles. The van der Waals surface area contributed by atoms with Gasteiger partial charge in [-0.3, -0.25) is 4.79 Å². The van der Waals surface area contributed by atoms with Gasteiger partial charge in [-0.05, 0) is 72.1 Å². The van der Waals surface area contributed by atoms with Gasteiger partial charge in [-0.25, -0.2) is 12.7 Å². The number of hydrogen-bond donors (Lipinski definition) is 3. The smallest absolute Gasteiger partial charge is 0.250 e. The Labute approximate surface area is 237 Å². The SMILES string of the molecule is CCC(COC)NCc1cccc(-c2cc(C(N)=O)c3[nH]cc(C4CCN(S(=O)(=O)CCCOC)CC4)c3c2)c1. The molecule has 1 aliphatic heterocycles. The van der Waals surface area contributed by atoms with Crippen molar-refractivity contribution in [3.63, 3.8) is 0 Å². The fraction of sp³-hybridized carbons (Fsp3) is 0.500. The average Bonchev–Trinajstić information content (AvgIpc) is 3.39.